The number of hydrogen-bond acceptors (Lipinski definition) is 6. The Bertz CT molecular complexity index is 667. The summed E-state index contributed by atoms with van der Waals surface area (Å²) >= 11 is 0. The van der Waals surface area contributed by atoms with Gasteiger partial charge in [0.25, 0.3) is 0 Å². The molecule has 1 aromatic rings. The maximum Gasteiger partial charge on any atom is 0.408 e. The van der Waals surface area contributed by atoms with Crippen LogP contribution in [0.15, 0.2) is 24.3 Å². The number of Topliss-reactive ketones (excluding diaryl/α,β-unsaturated/α-hetero) is 1. The summed E-state index contributed by atoms with van der Waals surface area (Å²) in [5, 5.41) is 11.8. The number of alkyl carbamates (subject to hydrolysis) is 1. The van der Waals surface area contributed by atoms with E-state index in [2.05, 4.69) is 5.32 Å². The number of benzene rings is 1. The zero-order valence-electron chi connectivity index (χ0n) is 16.8. The number of nitrogens with one attached hydrogen (secondary N) is 1. The van der Waals surface area contributed by atoms with Crippen LogP contribution in [0.5, 0.6) is 5.75 Å². The molecule has 0 aliphatic heterocycles. The van der Waals surface area contributed by atoms with Crippen LogP contribution in [-0.2, 0) is 14.3 Å². The third-order valence-corrected chi connectivity index (χ3v) is 3.23. The smallest absolute Gasteiger partial charge is 0.408 e. The van der Waals surface area contributed by atoms with Crippen LogP contribution in [0.1, 0.15) is 64.7 Å². The van der Waals surface area contributed by atoms with Gasteiger partial charge in [0, 0.05) is 12.0 Å². The average molecular weight is 379 g/mol. The average Bonchev–Trinajstić information content (AvgIpc) is 2.48. The standard InChI is InChI=1S/C20H29NO6/c1-19(2,3)26-17(24)15(21-18(25)27-20(4,5)6)11-12-16(23)13-7-9-14(22)10-8-13/h7-10,15,22H,11-12H2,1-6H3,(H,21,25)/t15-/m1/s1. The van der Waals surface area contributed by atoms with Crippen LogP contribution < -0.4 is 5.32 Å². The predicted octanol–water partition coefficient (Wildman–Crippen LogP) is 3.59. The van der Waals surface area contributed by atoms with Gasteiger partial charge < -0.3 is 19.9 Å². The largest absolute Gasteiger partial charge is 0.508 e. The van der Waals surface area contributed by atoms with Crippen molar-refractivity contribution in [3.05, 3.63) is 29.8 Å². The van der Waals surface area contributed by atoms with Crippen molar-refractivity contribution in [3.63, 3.8) is 0 Å². The van der Waals surface area contributed by atoms with E-state index in [-0.39, 0.29) is 24.4 Å². The van der Waals surface area contributed by atoms with Crippen LogP contribution in [0.2, 0.25) is 0 Å². The van der Waals surface area contributed by atoms with E-state index in [1.807, 2.05) is 0 Å². The van der Waals surface area contributed by atoms with Crippen LogP contribution in [0, 0.1) is 0 Å². The summed E-state index contributed by atoms with van der Waals surface area (Å²) in [5.41, 5.74) is -1.04. The highest BCUT2D eigenvalue weighted by Gasteiger charge is 2.29. The first-order valence-corrected chi connectivity index (χ1v) is 8.81. The lowest BCUT2D eigenvalue weighted by atomic mass is 10.0. The zero-order valence-corrected chi connectivity index (χ0v) is 16.8. The number of esters is 1. The first-order valence-electron chi connectivity index (χ1n) is 8.81. The van der Waals surface area contributed by atoms with E-state index in [0.717, 1.165) is 0 Å². The fourth-order valence-corrected chi connectivity index (χ4v) is 2.14. The maximum absolute atomic E-state index is 12.4. The van der Waals surface area contributed by atoms with Crippen LogP contribution in [0.25, 0.3) is 0 Å². The van der Waals surface area contributed by atoms with Gasteiger partial charge in [0.1, 0.15) is 23.0 Å². The van der Waals surface area contributed by atoms with Crippen molar-refractivity contribution in [2.45, 2.75) is 71.6 Å². The van der Waals surface area contributed by atoms with E-state index >= 15 is 0 Å². The highest BCUT2D eigenvalue weighted by atomic mass is 16.6. The number of phenols is 1. The monoisotopic (exact) mass is 379 g/mol. The fourth-order valence-electron chi connectivity index (χ4n) is 2.14. The molecule has 0 radical (unpaired) electrons. The molecule has 2 N–H and O–H groups in total. The van der Waals surface area contributed by atoms with Crippen molar-refractivity contribution >= 4 is 17.8 Å². The van der Waals surface area contributed by atoms with Crippen molar-refractivity contribution < 1.29 is 29.0 Å². The second kappa shape index (κ2) is 8.88. The van der Waals surface area contributed by atoms with Gasteiger partial charge in [-0.2, -0.15) is 0 Å². The molecule has 0 saturated heterocycles. The number of carbonyl (C=O) groups excluding carboxylic acids is 3. The number of rotatable bonds is 6. The van der Waals surface area contributed by atoms with Gasteiger partial charge in [-0.3, -0.25) is 4.79 Å². The quantitative estimate of drug-likeness (QED) is 0.578. The molecule has 0 unspecified atom stereocenters. The third kappa shape index (κ3) is 9.08. The summed E-state index contributed by atoms with van der Waals surface area (Å²) in [4.78, 5) is 36.8. The summed E-state index contributed by atoms with van der Waals surface area (Å²) < 4.78 is 10.5. The van der Waals surface area contributed by atoms with Gasteiger partial charge in [-0.25, -0.2) is 9.59 Å². The van der Waals surface area contributed by atoms with Gasteiger partial charge in [-0.05, 0) is 72.2 Å². The van der Waals surface area contributed by atoms with Gasteiger partial charge in [0.15, 0.2) is 5.78 Å². The maximum atomic E-state index is 12.4. The Morgan fingerprint density at radius 1 is 0.963 bits per heavy atom. The zero-order chi connectivity index (χ0) is 20.8. The molecule has 0 bridgehead atoms. The molecular weight excluding hydrogens is 350 g/mol. The van der Waals surface area contributed by atoms with E-state index < -0.39 is 29.3 Å². The number of carbonyl (C=O) groups is 3. The molecule has 1 aromatic carbocycles. The Hall–Kier alpha value is -2.57. The normalized spacial score (nSPS) is 12.8. The Kier molecular flexibility index (Phi) is 7.39. The molecule has 1 atom stereocenters. The molecule has 1 amide bonds. The molecule has 0 fully saturated rings. The van der Waals surface area contributed by atoms with Crippen LogP contribution >= 0.6 is 0 Å². The number of phenolic OH excluding ortho intramolecular Hbond substituents is 1. The highest BCUT2D eigenvalue weighted by Crippen LogP contribution is 2.15. The number of ketones is 1. The van der Waals surface area contributed by atoms with Crippen molar-refractivity contribution in [1.29, 1.82) is 0 Å². The SMILES string of the molecule is CC(C)(C)OC(=O)N[C@H](CCC(=O)c1ccc(O)cc1)C(=O)OC(C)(C)C. The van der Waals surface area contributed by atoms with E-state index in [9.17, 15) is 19.5 Å². The molecular formula is C20H29NO6. The van der Waals surface area contributed by atoms with Gasteiger partial charge in [-0.15, -0.1) is 0 Å². The van der Waals surface area contributed by atoms with Gasteiger partial charge >= 0.3 is 12.1 Å². The van der Waals surface area contributed by atoms with E-state index in [0.29, 0.717) is 5.56 Å². The number of aromatic hydroxyl groups is 1. The van der Waals surface area contributed by atoms with E-state index in [1.54, 1.807) is 41.5 Å². The molecule has 1 rings (SSSR count). The molecule has 0 heterocycles. The Morgan fingerprint density at radius 3 is 1.96 bits per heavy atom. The van der Waals surface area contributed by atoms with Crippen molar-refractivity contribution in [2.24, 2.45) is 0 Å². The van der Waals surface area contributed by atoms with Crippen LogP contribution in [0.3, 0.4) is 0 Å². The number of amides is 1. The lowest BCUT2D eigenvalue weighted by Gasteiger charge is -2.26. The minimum atomic E-state index is -1.01. The summed E-state index contributed by atoms with van der Waals surface area (Å²) in [5.74, 6) is -0.786. The molecule has 0 spiro atoms. The van der Waals surface area contributed by atoms with E-state index in [1.165, 1.54) is 24.3 Å². The Balaban J connectivity index is 2.80. The molecule has 27 heavy (non-hydrogen) atoms. The van der Waals surface area contributed by atoms with Gasteiger partial charge in [-0.1, -0.05) is 0 Å². The van der Waals surface area contributed by atoms with Crippen molar-refractivity contribution in [3.8, 4) is 5.75 Å². The number of ether oxygens (including phenoxy) is 2. The lowest BCUT2D eigenvalue weighted by Crippen LogP contribution is -2.46. The third-order valence-electron chi connectivity index (χ3n) is 3.23. The van der Waals surface area contributed by atoms with Crippen LogP contribution in [0.4, 0.5) is 4.79 Å². The molecule has 0 saturated carbocycles. The van der Waals surface area contributed by atoms with Crippen molar-refractivity contribution in [1.82, 2.24) is 5.32 Å². The molecule has 7 nitrogen and oxygen atoms in total. The topological polar surface area (TPSA) is 102 Å². The highest BCUT2D eigenvalue weighted by molar-refractivity contribution is 5.96. The van der Waals surface area contributed by atoms with Crippen LogP contribution in [-0.4, -0.2) is 40.2 Å². The van der Waals surface area contributed by atoms with Gasteiger partial charge in [0.2, 0.25) is 0 Å². The molecule has 150 valence electrons. The second-order valence-electron chi connectivity index (χ2n) is 8.24. The summed E-state index contributed by atoms with van der Waals surface area (Å²) in [6, 6.07) is 4.82. The Morgan fingerprint density at radius 2 is 1.48 bits per heavy atom. The minimum absolute atomic E-state index is 0.0183. The second-order valence-corrected chi connectivity index (χ2v) is 8.24. The molecule has 0 aliphatic carbocycles. The number of hydrogen-bond donors (Lipinski definition) is 2. The minimum Gasteiger partial charge on any atom is -0.508 e. The molecule has 0 aliphatic rings. The Labute approximate surface area is 160 Å². The summed E-state index contributed by atoms with van der Waals surface area (Å²) in [7, 11) is 0. The summed E-state index contributed by atoms with van der Waals surface area (Å²) in [6.45, 7) is 10.3. The molecule has 7 heteroatoms. The lowest BCUT2D eigenvalue weighted by molar-refractivity contribution is -0.157. The summed E-state index contributed by atoms with van der Waals surface area (Å²) in [6.07, 6.45) is -0.673. The fraction of sp³-hybridized carbons (Fsp3) is 0.550. The first kappa shape index (κ1) is 22.5. The van der Waals surface area contributed by atoms with Gasteiger partial charge in [0.05, 0.1) is 0 Å². The van der Waals surface area contributed by atoms with E-state index in [4.69, 9.17) is 9.47 Å². The first-order chi connectivity index (χ1) is 12.3. The molecule has 0 aromatic heterocycles. The predicted molar refractivity (Wildman–Crippen MR) is 101 cm³/mol. The van der Waals surface area contributed by atoms with Crippen molar-refractivity contribution in [2.75, 3.05) is 0 Å².